The SMILES string of the molecule is COC(=O)C1=C(F)C=C(Br)C2C=NN=C12. The summed E-state index contributed by atoms with van der Waals surface area (Å²) in [6.45, 7) is 0. The van der Waals surface area contributed by atoms with E-state index in [2.05, 4.69) is 30.9 Å². The molecule has 0 aromatic heterocycles. The third-order valence-electron chi connectivity index (χ3n) is 2.12. The molecule has 0 amide bonds. The summed E-state index contributed by atoms with van der Waals surface area (Å²) in [5.74, 6) is -1.68. The summed E-state index contributed by atoms with van der Waals surface area (Å²) in [5.41, 5.74) is 0.136. The number of esters is 1. The summed E-state index contributed by atoms with van der Waals surface area (Å²) in [5, 5.41) is 7.39. The summed E-state index contributed by atoms with van der Waals surface area (Å²) >= 11 is 3.20. The number of ether oxygens (including phenoxy) is 1. The Kier molecular flexibility index (Phi) is 2.52. The van der Waals surface area contributed by atoms with Gasteiger partial charge >= 0.3 is 5.97 Å². The highest BCUT2D eigenvalue weighted by molar-refractivity contribution is 9.11. The van der Waals surface area contributed by atoms with Crippen LogP contribution in [-0.4, -0.2) is 25.0 Å². The first-order chi connectivity index (χ1) is 7.15. The van der Waals surface area contributed by atoms with Crippen molar-refractivity contribution in [1.29, 1.82) is 0 Å². The summed E-state index contributed by atoms with van der Waals surface area (Å²) < 4.78 is 18.6. The highest BCUT2D eigenvalue weighted by Crippen LogP contribution is 2.33. The molecule has 0 saturated carbocycles. The molecule has 0 radical (unpaired) electrons. The van der Waals surface area contributed by atoms with Crippen LogP contribution in [0.4, 0.5) is 4.39 Å². The first-order valence-electron chi connectivity index (χ1n) is 4.11. The number of carbonyl (C=O) groups excluding carboxylic acids is 1. The van der Waals surface area contributed by atoms with Crippen LogP contribution in [0.2, 0.25) is 0 Å². The summed E-state index contributed by atoms with van der Waals surface area (Å²) in [7, 11) is 1.20. The molecule has 1 aliphatic heterocycles. The van der Waals surface area contributed by atoms with Gasteiger partial charge in [-0.05, 0) is 6.08 Å². The van der Waals surface area contributed by atoms with Crippen molar-refractivity contribution in [3.05, 3.63) is 22.0 Å². The van der Waals surface area contributed by atoms with Crippen LogP contribution in [0.15, 0.2) is 32.2 Å². The van der Waals surface area contributed by atoms with Gasteiger partial charge in [0.25, 0.3) is 0 Å². The smallest absolute Gasteiger partial charge is 0.342 e. The van der Waals surface area contributed by atoms with Crippen molar-refractivity contribution in [1.82, 2.24) is 0 Å². The van der Waals surface area contributed by atoms with Crippen LogP contribution >= 0.6 is 15.9 Å². The van der Waals surface area contributed by atoms with Crippen LogP contribution in [0.1, 0.15) is 0 Å². The maximum absolute atomic E-state index is 13.5. The molecule has 2 rings (SSSR count). The van der Waals surface area contributed by atoms with Gasteiger partial charge in [-0.1, -0.05) is 15.9 Å². The zero-order valence-electron chi connectivity index (χ0n) is 7.70. The lowest BCUT2D eigenvalue weighted by Gasteiger charge is -2.16. The van der Waals surface area contributed by atoms with Gasteiger partial charge in [-0.2, -0.15) is 10.2 Å². The van der Waals surface area contributed by atoms with Crippen LogP contribution in [-0.2, 0) is 9.53 Å². The Balaban J connectivity index is 2.52. The molecule has 1 unspecified atom stereocenters. The van der Waals surface area contributed by atoms with Crippen molar-refractivity contribution in [3.8, 4) is 0 Å². The van der Waals surface area contributed by atoms with Gasteiger partial charge in [0, 0.05) is 10.7 Å². The zero-order chi connectivity index (χ0) is 11.0. The second-order valence-corrected chi connectivity index (χ2v) is 3.89. The number of methoxy groups -OCH3 is 1. The van der Waals surface area contributed by atoms with Crippen LogP contribution in [0.3, 0.4) is 0 Å². The van der Waals surface area contributed by atoms with E-state index in [1.165, 1.54) is 19.4 Å². The number of fused-ring (bicyclic) bond motifs is 1. The molecule has 78 valence electrons. The fourth-order valence-electron chi connectivity index (χ4n) is 1.41. The Morgan fingerprint density at radius 2 is 2.40 bits per heavy atom. The molecule has 1 atom stereocenters. The average Bonchev–Trinajstić information content (AvgIpc) is 2.66. The zero-order valence-corrected chi connectivity index (χ0v) is 9.28. The van der Waals surface area contributed by atoms with Crippen LogP contribution in [0.25, 0.3) is 0 Å². The number of rotatable bonds is 1. The predicted octanol–water partition coefficient (Wildman–Crippen LogP) is 1.73. The first kappa shape index (κ1) is 10.2. The minimum absolute atomic E-state index is 0.150. The Morgan fingerprint density at radius 3 is 3.07 bits per heavy atom. The molecule has 0 bridgehead atoms. The average molecular weight is 273 g/mol. The number of carbonyl (C=O) groups is 1. The molecule has 0 aromatic rings. The largest absolute Gasteiger partial charge is 0.465 e. The van der Waals surface area contributed by atoms with Crippen molar-refractivity contribution >= 4 is 33.8 Å². The van der Waals surface area contributed by atoms with Gasteiger partial charge in [-0.3, -0.25) is 0 Å². The fraction of sp³-hybridized carbons (Fsp3) is 0.222. The molecule has 1 aliphatic carbocycles. The van der Waals surface area contributed by atoms with Gasteiger partial charge in [0.1, 0.15) is 11.4 Å². The van der Waals surface area contributed by atoms with Crippen molar-refractivity contribution in [2.45, 2.75) is 0 Å². The highest BCUT2D eigenvalue weighted by atomic mass is 79.9. The van der Waals surface area contributed by atoms with Gasteiger partial charge in [0.15, 0.2) is 0 Å². The minimum atomic E-state index is -0.738. The molecule has 0 saturated heterocycles. The summed E-state index contributed by atoms with van der Waals surface area (Å²) in [6.07, 6.45) is 2.76. The standard InChI is InChI=1S/C9H6BrFN2O2/c1-15-9(14)7-6(11)2-5(10)4-3-12-13-8(4)7/h2-4H,1H3. The van der Waals surface area contributed by atoms with E-state index in [0.29, 0.717) is 4.48 Å². The van der Waals surface area contributed by atoms with E-state index in [9.17, 15) is 9.18 Å². The van der Waals surface area contributed by atoms with Gasteiger partial charge in [0.05, 0.1) is 18.7 Å². The molecule has 0 spiro atoms. The number of nitrogens with zero attached hydrogens (tertiary/aromatic N) is 2. The maximum Gasteiger partial charge on any atom is 0.342 e. The van der Waals surface area contributed by atoms with Crippen LogP contribution in [0.5, 0.6) is 0 Å². The third-order valence-corrected chi connectivity index (χ3v) is 2.84. The molecule has 0 aromatic carbocycles. The first-order valence-corrected chi connectivity index (χ1v) is 4.91. The highest BCUT2D eigenvalue weighted by Gasteiger charge is 2.35. The monoisotopic (exact) mass is 272 g/mol. The normalized spacial score (nSPS) is 23.5. The summed E-state index contributed by atoms with van der Waals surface area (Å²) in [6, 6.07) is 0. The van der Waals surface area contributed by atoms with Gasteiger partial charge in [-0.25, -0.2) is 9.18 Å². The molecule has 0 fully saturated rings. The van der Waals surface area contributed by atoms with E-state index in [4.69, 9.17) is 0 Å². The predicted molar refractivity (Wildman–Crippen MR) is 56.6 cm³/mol. The topological polar surface area (TPSA) is 51.0 Å². The van der Waals surface area contributed by atoms with Crippen molar-refractivity contribution < 1.29 is 13.9 Å². The van der Waals surface area contributed by atoms with Gasteiger partial charge in [0.2, 0.25) is 0 Å². The lowest BCUT2D eigenvalue weighted by molar-refractivity contribution is -0.135. The quantitative estimate of drug-likeness (QED) is 0.683. The van der Waals surface area contributed by atoms with Gasteiger partial charge < -0.3 is 4.74 Å². The van der Waals surface area contributed by atoms with E-state index < -0.39 is 11.8 Å². The molecule has 1 heterocycles. The molecular formula is C9H6BrFN2O2. The Labute approximate surface area is 93.3 Å². The van der Waals surface area contributed by atoms with E-state index >= 15 is 0 Å². The Bertz CT molecular complexity index is 451. The van der Waals surface area contributed by atoms with E-state index in [0.717, 1.165) is 0 Å². The van der Waals surface area contributed by atoms with Crippen LogP contribution < -0.4 is 0 Å². The number of hydrogen-bond acceptors (Lipinski definition) is 4. The number of hydrogen-bond donors (Lipinski definition) is 0. The van der Waals surface area contributed by atoms with Crippen LogP contribution in [0, 0.1) is 5.92 Å². The van der Waals surface area contributed by atoms with E-state index in [1.807, 2.05) is 0 Å². The number of allylic oxidation sites excluding steroid dienone is 3. The van der Waals surface area contributed by atoms with Gasteiger partial charge in [-0.15, -0.1) is 0 Å². The molecule has 0 N–H and O–H groups in total. The second kappa shape index (κ2) is 3.69. The molecule has 15 heavy (non-hydrogen) atoms. The van der Waals surface area contributed by atoms with Crippen molar-refractivity contribution in [2.24, 2.45) is 16.1 Å². The van der Waals surface area contributed by atoms with Crippen molar-refractivity contribution in [3.63, 3.8) is 0 Å². The number of halogens is 2. The summed E-state index contributed by atoms with van der Waals surface area (Å²) in [4.78, 5) is 11.3. The Hall–Kier alpha value is -1.30. The van der Waals surface area contributed by atoms with E-state index in [-0.39, 0.29) is 17.2 Å². The lowest BCUT2D eigenvalue weighted by atomic mass is 9.92. The molecule has 4 nitrogen and oxygen atoms in total. The minimum Gasteiger partial charge on any atom is -0.465 e. The maximum atomic E-state index is 13.5. The molecule has 6 heteroatoms. The molecular weight excluding hydrogens is 267 g/mol. The van der Waals surface area contributed by atoms with Crippen molar-refractivity contribution in [2.75, 3.05) is 7.11 Å². The molecule has 2 aliphatic rings. The third kappa shape index (κ3) is 1.54. The Morgan fingerprint density at radius 1 is 1.67 bits per heavy atom. The second-order valence-electron chi connectivity index (χ2n) is 2.97. The lowest BCUT2D eigenvalue weighted by Crippen LogP contribution is -2.25. The van der Waals surface area contributed by atoms with E-state index in [1.54, 1.807) is 0 Å². The fourth-order valence-corrected chi connectivity index (χ4v) is 1.95.